The lowest BCUT2D eigenvalue weighted by atomic mass is 10.5. The first-order valence-corrected chi connectivity index (χ1v) is 5.51. The largest absolute Gasteiger partial charge is 0.300 e. The van der Waals surface area contributed by atoms with Crippen molar-refractivity contribution in [3.63, 3.8) is 0 Å². The molecule has 0 spiro atoms. The van der Waals surface area contributed by atoms with E-state index in [1.807, 2.05) is 0 Å². The number of amidine groups is 1. The fourth-order valence-electron chi connectivity index (χ4n) is 1.25. The van der Waals surface area contributed by atoms with Gasteiger partial charge in [0.15, 0.2) is 0 Å². The van der Waals surface area contributed by atoms with Crippen LogP contribution < -0.4 is 16.7 Å². The Bertz CT molecular complexity index is 600. The number of thioether (sulfide) groups is 1. The van der Waals surface area contributed by atoms with Crippen LogP contribution in [-0.4, -0.2) is 24.7 Å². The zero-order valence-corrected chi connectivity index (χ0v) is 9.41. The second-order valence-electron chi connectivity index (χ2n) is 3.23. The Balaban J connectivity index is 2.40. The predicted octanol–water partition coefficient (Wildman–Crippen LogP) is -1.97. The highest BCUT2D eigenvalue weighted by Crippen LogP contribution is 2.06. The average molecular weight is 239 g/mol. The number of H-pyrrole nitrogens is 1. The number of fused-ring (bicyclic) bond motifs is 1. The summed E-state index contributed by atoms with van der Waals surface area (Å²) in [6, 6.07) is 1.44. The van der Waals surface area contributed by atoms with E-state index >= 15 is 0 Å². The topological polar surface area (TPSA) is 115 Å². The van der Waals surface area contributed by atoms with Gasteiger partial charge in [0.05, 0.1) is 5.75 Å². The zero-order valence-electron chi connectivity index (χ0n) is 8.60. The Morgan fingerprint density at radius 2 is 2.44 bits per heavy atom. The zero-order chi connectivity index (χ0) is 11.7. The van der Waals surface area contributed by atoms with Crippen LogP contribution in [0.5, 0.6) is 0 Å². The summed E-state index contributed by atoms with van der Waals surface area (Å²) in [5, 5.41) is 8.41. The third-order valence-electron chi connectivity index (χ3n) is 1.88. The highest BCUT2D eigenvalue weighted by atomic mass is 32.2. The highest BCUT2D eigenvalue weighted by molar-refractivity contribution is 8.12. The van der Waals surface area contributed by atoms with Crippen LogP contribution in [0.4, 0.5) is 0 Å². The molecule has 8 heteroatoms. The maximum absolute atomic E-state index is 11.5. The molecule has 0 aliphatic carbocycles. The molecule has 84 valence electrons. The SMILES string of the molecule is Cc1cc(=O)n2[nH]c(CSC(N)=[NH2+])nc2n1. The van der Waals surface area contributed by atoms with Crippen LogP contribution in [0, 0.1) is 6.92 Å². The van der Waals surface area contributed by atoms with Crippen LogP contribution in [-0.2, 0) is 5.75 Å². The molecule has 2 rings (SSSR count). The number of hydrogen-bond acceptors (Lipinski definition) is 4. The van der Waals surface area contributed by atoms with E-state index in [0.29, 0.717) is 23.0 Å². The quantitative estimate of drug-likeness (QED) is 0.415. The third kappa shape index (κ3) is 2.06. The summed E-state index contributed by atoms with van der Waals surface area (Å²) in [6.45, 7) is 1.75. The molecule has 0 fully saturated rings. The van der Waals surface area contributed by atoms with Crippen molar-refractivity contribution in [1.29, 1.82) is 0 Å². The summed E-state index contributed by atoms with van der Waals surface area (Å²) in [5.41, 5.74) is 5.78. The van der Waals surface area contributed by atoms with Crippen LogP contribution in [0.15, 0.2) is 10.9 Å². The van der Waals surface area contributed by atoms with E-state index < -0.39 is 0 Å². The summed E-state index contributed by atoms with van der Waals surface area (Å²) < 4.78 is 1.29. The molecular weight excluding hydrogens is 228 g/mol. The molecule has 16 heavy (non-hydrogen) atoms. The Hall–Kier alpha value is -1.83. The van der Waals surface area contributed by atoms with Crippen LogP contribution >= 0.6 is 11.8 Å². The van der Waals surface area contributed by atoms with E-state index in [1.54, 1.807) is 6.92 Å². The normalized spacial score (nSPS) is 10.8. The molecule has 2 heterocycles. The van der Waals surface area contributed by atoms with Crippen LogP contribution in [0.3, 0.4) is 0 Å². The van der Waals surface area contributed by atoms with Gasteiger partial charge >= 0.3 is 0 Å². The maximum atomic E-state index is 11.5. The molecule has 5 N–H and O–H groups in total. The van der Waals surface area contributed by atoms with Crippen molar-refractivity contribution < 1.29 is 5.41 Å². The van der Waals surface area contributed by atoms with Gasteiger partial charge in [-0.2, -0.15) is 9.50 Å². The maximum Gasteiger partial charge on any atom is 0.300 e. The van der Waals surface area contributed by atoms with Gasteiger partial charge in [0.25, 0.3) is 16.5 Å². The fourth-order valence-corrected chi connectivity index (χ4v) is 1.69. The van der Waals surface area contributed by atoms with Crippen LogP contribution in [0.25, 0.3) is 5.78 Å². The smallest absolute Gasteiger partial charge is 0.282 e. The Morgan fingerprint density at radius 3 is 3.12 bits per heavy atom. The van der Waals surface area contributed by atoms with Gasteiger partial charge in [-0.05, 0) is 18.7 Å². The first-order chi connectivity index (χ1) is 7.56. The van der Waals surface area contributed by atoms with Crippen molar-refractivity contribution in [2.75, 3.05) is 0 Å². The molecule has 0 radical (unpaired) electrons. The molecule has 0 unspecified atom stereocenters. The monoisotopic (exact) mass is 239 g/mol. The number of aromatic nitrogens is 4. The van der Waals surface area contributed by atoms with Crippen molar-refractivity contribution in [2.24, 2.45) is 5.73 Å². The molecule has 2 aromatic rings. The van der Waals surface area contributed by atoms with Gasteiger partial charge in [0, 0.05) is 11.8 Å². The van der Waals surface area contributed by atoms with Crippen LogP contribution in [0.2, 0.25) is 0 Å². The van der Waals surface area contributed by atoms with E-state index in [0.717, 1.165) is 0 Å². The molecule has 0 aliphatic heterocycles. The van der Waals surface area contributed by atoms with Crippen molar-refractivity contribution in [1.82, 2.24) is 19.6 Å². The molecule has 2 aromatic heterocycles. The Morgan fingerprint density at radius 1 is 1.69 bits per heavy atom. The van der Waals surface area contributed by atoms with Gasteiger partial charge in [0.2, 0.25) is 0 Å². The second-order valence-corrected chi connectivity index (χ2v) is 4.28. The fraction of sp³-hybridized carbons (Fsp3) is 0.250. The van der Waals surface area contributed by atoms with Gasteiger partial charge in [-0.3, -0.25) is 21.0 Å². The average Bonchev–Trinajstić information content (AvgIpc) is 2.57. The third-order valence-corrected chi connectivity index (χ3v) is 2.63. The molecule has 0 saturated carbocycles. The summed E-state index contributed by atoms with van der Waals surface area (Å²) in [7, 11) is 0. The summed E-state index contributed by atoms with van der Waals surface area (Å²) >= 11 is 1.24. The van der Waals surface area contributed by atoms with Crippen molar-refractivity contribution >= 4 is 22.7 Å². The Labute approximate surface area is 94.6 Å². The van der Waals surface area contributed by atoms with E-state index in [4.69, 9.17) is 11.1 Å². The molecule has 0 aromatic carbocycles. The van der Waals surface area contributed by atoms with Crippen molar-refractivity contribution in [3.8, 4) is 0 Å². The van der Waals surface area contributed by atoms with E-state index in [9.17, 15) is 4.79 Å². The summed E-state index contributed by atoms with van der Waals surface area (Å²) in [5.74, 6) is 1.44. The van der Waals surface area contributed by atoms with Crippen molar-refractivity contribution in [3.05, 3.63) is 27.9 Å². The molecule has 0 amide bonds. The lowest BCUT2D eigenvalue weighted by Gasteiger charge is -1.91. The summed E-state index contributed by atoms with van der Waals surface area (Å²) in [6.07, 6.45) is 0. The number of aromatic amines is 1. The van der Waals surface area contributed by atoms with E-state index in [-0.39, 0.29) is 10.7 Å². The first kappa shape index (κ1) is 10.7. The predicted molar refractivity (Wildman–Crippen MR) is 60.8 cm³/mol. The standard InChI is InChI=1S/C8H10N6OS/c1-4-2-6(15)14-8(11-4)12-5(13-14)3-16-7(9)10/h2H,3H2,1H3,(H3,9,10)(H,11,12,13)/p+1. The highest BCUT2D eigenvalue weighted by Gasteiger charge is 2.07. The van der Waals surface area contributed by atoms with Gasteiger partial charge in [-0.25, -0.2) is 4.98 Å². The lowest BCUT2D eigenvalue weighted by molar-refractivity contribution is -0.110. The lowest BCUT2D eigenvalue weighted by Crippen LogP contribution is -2.43. The van der Waals surface area contributed by atoms with Gasteiger partial charge in [-0.15, -0.1) is 0 Å². The second kappa shape index (κ2) is 3.97. The number of nitrogens with zero attached hydrogens (tertiary/aromatic N) is 3. The van der Waals surface area contributed by atoms with Crippen molar-refractivity contribution in [2.45, 2.75) is 12.7 Å². The number of rotatable bonds is 2. The Kier molecular flexibility index (Phi) is 2.65. The van der Waals surface area contributed by atoms with E-state index in [2.05, 4.69) is 15.1 Å². The number of nitrogens with one attached hydrogen (secondary N) is 1. The molecular formula is C8H11N6OS+. The minimum Gasteiger partial charge on any atom is -0.282 e. The van der Waals surface area contributed by atoms with Gasteiger partial charge < -0.3 is 0 Å². The number of nitrogens with two attached hydrogens (primary N) is 2. The number of hydrogen-bond donors (Lipinski definition) is 3. The molecule has 0 aliphatic rings. The van der Waals surface area contributed by atoms with Gasteiger partial charge in [-0.1, -0.05) is 0 Å². The molecule has 0 saturated heterocycles. The molecule has 0 bridgehead atoms. The number of aryl methyl sites for hydroxylation is 1. The minimum atomic E-state index is -0.184. The minimum absolute atomic E-state index is 0.184. The van der Waals surface area contributed by atoms with Gasteiger partial charge in [0.1, 0.15) is 5.82 Å². The van der Waals surface area contributed by atoms with Crippen LogP contribution in [0.1, 0.15) is 11.5 Å². The first-order valence-electron chi connectivity index (χ1n) is 4.52. The molecule has 7 nitrogen and oxygen atoms in total. The van der Waals surface area contributed by atoms with E-state index in [1.165, 1.54) is 22.3 Å². The molecule has 0 atom stereocenters. The summed E-state index contributed by atoms with van der Waals surface area (Å²) in [4.78, 5) is 19.8.